The Kier molecular flexibility index (Phi) is 9.60. The van der Waals surface area contributed by atoms with E-state index in [1.165, 1.54) is 57.8 Å². The van der Waals surface area contributed by atoms with Crippen LogP contribution < -0.4 is 0 Å². The SMILES string of the molecule is CCCCCCCCCCCCN=C1SC[C@@H]2[C@@H](O)[C@H](O)[C@@H](CO)N12. The van der Waals surface area contributed by atoms with Crippen molar-refractivity contribution in [3.8, 4) is 0 Å². The van der Waals surface area contributed by atoms with Gasteiger partial charge in [-0.1, -0.05) is 76.5 Å². The van der Waals surface area contributed by atoms with Crippen molar-refractivity contribution < 1.29 is 15.3 Å². The first-order valence-corrected chi connectivity index (χ1v) is 11.1. The number of aliphatic hydroxyl groups is 3. The van der Waals surface area contributed by atoms with Crippen molar-refractivity contribution in [1.82, 2.24) is 4.90 Å². The number of rotatable bonds is 12. The minimum atomic E-state index is -0.876. The summed E-state index contributed by atoms with van der Waals surface area (Å²) in [5.74, 6) is 0.742. The number of fused-ring (bicyclic) bond motifs is 1. The zero-order chi connectivity index (χ0) is 18.1. The van der Waals surface area contributed by atoms with Gasteiger partial charge < -0.3 is 20.2 Å². The van der Waals surface area contributed by atoms with Crippen molar-refractivity contribution in [2.24, 2.45) is 4.99 Å². The molecule has 0 aromatic carbocycles. The Bertz CT molecular complexity index is 406. The van der Waals surface area contributed by atoms with Crippen LogP contribution in [-0.4, -0.2) is 68.6 Å². The molecule has 2 aliphatic rings. The summed E-state index contributed by atoms with van der Waals surface area (Å²) in [5.41, 5.74) is 0. The van der Waals surface area contributed by atoms with E-state index in [9.17, 15) is 15.3 Å². The van der Waals surface area contributed by atoms with E-state index in [-0.39, 0.29) is 12.6 Å². The second kappa shape index (κ2) is 11.4. The highest BCUT2D eigenvalue weighted by atomic mass is 32.2. The number of aliphatic imine (C=N–C) groups is 1. The molecule has 4 atom stereocenters. The molecule has 0 aromatic heterocycles. The molecular weight excluding hydrogens is 336 g/mol. The molecule has 2 heterocycles. The standard InChI is InChI=1S/C19H36N2O3S/c1-2-3-4-5-6-7-8-9-10-11-12-20-19-21-15(13-22)17(23)18(24)16(21)14-25-19/h15-18,22-24H,2-14H2,1H3/t15-,16-,17-,18-/m1/s1. The lowest BCUT2D eigenvalue weighted by molar-refractivity contribution is 0.0206. The summed E-state index contributed by atoms with van der Waals surface area (Å²) < 4.78 is 0. The van der Waals surface area contributed by atoms with Crippen molar-refractivity contribution in [1.29, 1.82) is 0 Å². The van der Waals surface area contributed by atoms with E-state index >= 15 is 0 Å². The molecule has 6 heteroatoms. The molecule has 2 fully saturated rings. The Morgan fingerprint density at radius 2 is 1.56 bits per heavy atom. The summed E-state index contributed by atoms with van der Waals surface area (Å²) in [7, 11) is 0. The fourth-order valence-corrected chi connectivity index (χ4v) is 5.10. The monoisotopic (exact) mass is 372 g/mol. The Morgan fingerprint density at radius 1 is 0.960 bits per heavy atom. The summed E-state index contributed by atoms with van der Waals surface area (Å²) >= 11 is 1.63. The van der Waals surface area contributed by atoms with Crippen molar-refractivity contribution in [2.75, 3.05) is 18.9 Å². The molecule has 2 aliphatic heterocycles. The second-order valence-corrected chi connectivity index (χ2v) is 8.35. The molecule has 2 saturated heterocycles. The van der Waals surface area contributed by atoms with E-state index in [0.717, 1.165) is 23.9 Å². The minimum Gasteiger partial charge on any atom is -0.394 e. The van der Waals surface area contributed by atoms with Gasteiger partial charge in [-0.2, -0.15) is 0 Å². The van der Waals surface area contributed by atoms with E-state index in [2.05, 4.69) is 11.9 Å². The van der Waals surface area contributed by atoms with E-state index in [1.54, 1.807) is 11.8 Å². The van der Waals surface area contributed by atoms with Gasteiger partial charge in [0, 0.05) is 12.3 Å². The van der Waals surface area contributed by atoms with Crippen molar-refractivity contribution in [3.05, 3.63) is 0 Å². The summed E-state index contributed by atoms with van der Waals surface area (Å²) in [4.78, 5) is 6.61. The average molecular weight is 373 g/mol. The second-order valence-electron chi connectivity index (χ2n) is 7.36. The fourth-order valence-electron chi connectivity index (χ4n) is 3.82. The Labute approximate surface area is 156 Å². The highest BCUT2D eigenvalue weighted by molar-refractivity contribution is 8.14. The van der Waals surface area contributed by atoms with Crippen molar-refractivity contribution in [2.45, 2.75) is 95.4 Å². The number of thioether (sulfide) groups is 1. The van der Waals surface area contributed by atoms with Crippen LogP contribution in [0.5, 0.6) is 0 Å². The smallest absolute Gasteiger partial charge is 0.160 e. The average Bonchev–Trinajstić information content (AvgIpc) is 3.12. The van der Waals surface area contributed by atoms with Gasteiger partial charge in [-0.15, -0.1) is 0 Å². The molecule has 146 valence electrons. The van der Waals surface area contributed by atoms with Crippen LogP contribution in [-0.2, 0) is 0 Å². The maximum atomic E-state index is 10.1. The Morgan fingerprint density at radius 3 is 2.16 bits per heavy atom. The maximum absolute atomic E-state index is 10.1. The summed E-state index contributed by atoms with van der Waals surface area (Å²) in [6.07, 6.45) is 11.5. The predicted octanol–water partition coefficient (Wildman–Crippen LogP) is 2.78. The third kappa shape index (κ3) is 5.84. The third-order valence-corrected chi connectivity index (χ3v) is 6.51. The molecule has 0 amide bonds. The number of unbranched alkanes of at least 4 members (excludes halogenated alkanes) is 9. The summed E-state index contributed by atoms with van der Waals surface area (Å²) in [5, 5.41) is 30.5. The molecule has 0 unspecified atom stereocenters. The first kappa shape index (κ1) is 21.0. The van der Waals surface area contributed by atoms with Gasteiger partial charge in [-0.3, -0.25) is 4.99 Å². The van der Waals surface area contributed by atoms with Gasteiger partial charge in [0.05, 0.1) is 18.7 Å². The van der Waals surface area contributed by atoms with Gasteiger partial charge in [0.15, 0.2) is 5.17 Å². The van der Waals surface area contributed by atoms with Crippen LogP contribution in [0, 0.1) is 0 Å². The summed E-state index contributed by atoms with van der Waals surface area (Å²) in [6, 6.07) is -0.523. The van der Waals surface area contributed by atoms with Gasteiger partial charge in [-0.25, -0.2) is 0 Å². The summed E-state index contributed by atoms with van der Waals surface area (Å²) in [6.45, 7) is 2.91. The van der Waals surface area contributed by atoms with Gasteiger partial charge in [0.25, 0.3) is 0 Å². The minimum absolute atomic E-state index is 0.108. The number of aliphatic hydroxyl groups excluding tert-OH is 3. The van der Waals surface area contributed by atoms with Crippen LogP contribution in [0.1, 0.15) is 71.1 Å². The normalized spacial score (nSPS) is 30.4. The molecule has 0 aromatic rings. The Hall–Kier alpha value is -0.300. The zero-order valence-corrected chi connectivity index (χ0v) is 16.5. The molecule has 25 heavy (non-hydrogen) atoms. The zero-order valence-electron chi connectivity index (χ0n) is 15.6. The molecule has 0 radical (unpaired) electrons. The molecule has 0 aliphatic carbocycles. The molecule has 3 N–H and O–H groups in total. The lowest BCUT2D eigenvalue weighted by Crippen LogP contribution is -2.41. The molecule has 0 spiro atoms. The number of hydrogen-bond acceptors (Lipinski definition) is 5. The van der Waals surface area contributed by atoms with Crippen LogP contribution >= 0.6 is 11.8 Å². The highest BCUT2D eigenvalue weighted by Crippen LogP contribution is 2.36. The van der Waals surface area contributed by atoms with E-state index in [0.29, 0.717) is 0 Å². The van der Waals surface area contributed by atoms with Gasteiger partial charge >= 0.3 is 0 Å². The largest absolute Gasteiger partial charge is 0.394 e. The number of nitrogens with zero attached hydrogens (tertiary/aromatic N) is 2. The molecular formula is C19H36N2O3S. The molecule has 0 saturated carbocycles. The van der Waals surface area contributed by atoms with Gasteiger partial charge in [0.2, 0.25) is 0 Å². The lowest BCUT2D eigenvalue weighted by atomic mass is 10.1. The van der Waals surface area contributed by atoms with Crippen LogP contribution in [0.3, 0.4) is 0 Å². The van der Waals surface area contributed by atoms with E-state index < -0.39 is 18.2 Å². The van der Waals surface area contributed by atoms with Gasteiger partial charge in [0.1, 0.15) is 12.2 Å². The first-order valence-electron chi connectivity index (χ1n) is 10.1. The van der Waals surface area contributed by atoms with Crippen LogP contribution in [0.15, 0.2) is 4.99 Å². The third-order valence-electron chi connectivity index (χ3n) is 5.40. The molecule has 2 rings (SSSR count). The maximum Gasteiger partial charge on any atom is 0.160 e. The van der Waals surface area contributed by atoms with E-state index in [1.807, 2.05) is 4.90 Å². The first-order chi connectivity index (χ1) is 12.2. The van der Waals surface area contributed by atoms with Crippen LogP contribution in [0.25, 0.3) is 0 Å². The lowest BCUT2D eigenvalue weighted by Gasteiger charge is -2.24. The number of hydrogen-bond donors (Lipinski definition) is 3. The topological polar surface area (TPSA) is 76.3 Å². The Balaban J connectivity index is 1.58. The predicted molar refractivity (Wildman–Crippen MR) is 105 cm³/mol. The van der Waals surface area contributed by atoms with Crippen LogP contribution in [0.2, 0.25) is 0 Å². The van der Waals surface area contributed by atoms with Crippen molar-refractivity contribution >= 4 is 16.9 Å². The quantitative estimate of drug-likeness (QED) is 0.459. The van der Waals surface area contributed by atoms with E-state index in [4.69, 9.17) is 0 Å². The highest BCUT2D eigenvalue weighted by Gasteiger charge is 2.51. The van der Waals surface area contributed by atoms with Gasteiger partial charge in [-0.05, 0) is 6.42 Å². The number of amidine groups is 1. The molecule has 0 bridgehead atoms. The molecule has 5 nitrogen and oxygen atoms in total. The van der Waals surface area contributed by atoms with Crippen molar-refractivity contribution in [3.63, 3.8) is 0 Å². The van der Waals surface area contributed by atoms with Crippen LogP contribution in [0.4, 0.5) is 0 Å². The fraction of sp³-hybridized carbons (Fsp3) is 0.947.